The highest BCUT2D eigenvalue weighted by Crippen LogP contribution is 2.32. The van der Waals surface area contributed by atoms with Gasteiger partial charge in [0.2, 0.25) is 0 Å². The molecule has 0 saturated carbocycles. The van der Waals surface area contributed by atoms with Crippen LogP contribution in [0.2, 0.25) is 0 Å². The third-order valence-electron chi connectivity index (χ3n) is 3.02. The van der Waals surface area contributed by atoms with E-state index in [4.69, 9.17) is 4.74 Å². The molecule has 112 valence electrons. The van der Waals surface area contributed by atoms with Gasteiger partial charge in [0.15, 0.2) is 5.69 Å². The number of thiophene rings is 1. The molecule has 0 spiro atoms. The van der Waals surface area contributed by atoms with Crippen molar-refractivity contribution in [3.8, 4) is 22.0 Å². The molecule has 1 N–H and O–H groups in total. The van der Waals surface area contributed by atoms with Gasteiger partial charge < -0.3 is 9.84 Å². The van der Waals surface area contributed by atoms with Crippen LogP contribution in [0.5, 0.6) is 5.75 Å². The molecule has 0 radical (unpaired) electrons. The lowest BCUT2D eigenvalue weighted by atomic mass is 10.2. The first-order valence-electron chi connectivity index (χ1n) is 6.67. The largest absolute Gasteiger partial charge is 0.492 e. The Morgan fingerprint density at radius 1 is 1.32 bits per heavy atom. The molecule has 0 atom stereocenters. The van der Waals surface area contributed by atoms with Crippen molar-refractivity contribution in [3.05, 3.63) is 47.5 Å². The van der Waals surface area contributed by atoms with Gasteiger partial charge in [-0.2, -0.15) is 0 Å². The van der Waals surface area contributed by atoms with E-state index in [1.807, 2.05) is 48.7 Å². The molecule has 0 fully saturated rings. The molecule has 2 heterocycles. The van der Waals surface area contributed by atoms with E-state index >= 15 is 0 Å². The minimum absolute atomic E-state index is 0.0752. The van der Waals surface area contributed by atoms with Gasteiger partial charge in [0.25, 0.3) is 0 Å². The van der Waals surface area contributed by atoms with Crippen LogP contribution in [0.25, 0.3) is 16.3 Å². The van der Waals surface area contributed by atoms with E-state index < -0.39 is 5.97 Å². The van der Waals surface area contributed by atoms with Crippen LogP contribution in [0.4, 0.5) is 0 Å². The lowest BCUT2D eigenvalue weighted by molar-refractivity contribution is 0.0691. The second-order valence-electron chi connectivity index (χ2n) is 4.38. The molecule has 0 unspecified atom stereocenters. The molecule has 0 saturated heterocycles. The summed E-state index contributed by atoms with van der Waals surface area (Å²) in [4.78, 5) is 12.2. The highest BCUT2D eigenvalue weighted by atomic mass is 32.1. The summed E-state index contributed by atoms with van der Waals surface area (Å²) < 4.78 is 7.12. The van der Waals surface area contributed by atoms with Crippen molar-refractivity contribution in [2.24, 2.45) is 0 Å². The van der Waals surface area contributed by atoms with Crippen molar-refractivity contribution in [1.82, 2.24) is 15.0 Å². The second kappa shape index (κ2) is 5.98. The van der Waals surface area contributed by atoms with Gasteiger partial charge in [0.1, 0.15) is 17.1 Å². The van der Waals surface area contributed by atoms with Crippen LogP contribution in [0.15, 0.2) is 41.8 Å². The van der Waals surface area contributed by atoms with Gasteiger partial charge in [0, 0.05) is 0 Å². The van der Waals surface area contributed by atoms with Crippen LogP contribution in [0, 0.1) is 0 Å². The molecule has 0 aliphatic heterocycles. The average molecular weight is 315 g/mol. The topological polar surface area (TPSA) is 77.2 Å². The van der Waals surface area contributed by atoms with Gasteiger partial charge in [-0.1, -0.05) is 23.4 Å². The fourth-order valence-corrected chi connectivity index (χ4v) is 2.89. The molecule has 2 aromatic heterocycles. The lowest BCUT2D eigenvalue weighted by Crippen LogP contribution is -2.04. The molecule has 7 heteroatoms. The maximum Gasteiger partial charge on any atom is 0.358 e. The number of aromatic nitrogens is 3. The Bertz CT molecular complexity index is 796. The van der Waals surface area contributed by atoms with Crippen molar-refractivity contribution in [3.63, 3.8) is 0 Å². The maximum absolute atomic E-state index is 11.4. The number of benzene rings is 1. The number of para-hydroxylation sites is 2. The molecule has 22 heavy (non-hydrogen) atoms. The predicted molar refractivity (Wildman–Crippen MR) is 82.8 cm³/mol. The number of hydrogen-bond acceptors (Lipinski definition) is 5. The summed E-state index contributed by atoms with van der Waals surface area (Å²) in [6.45, 7) is 2.40. The molecule has 0 amide bonds. The summed E-state index contributed by atoms with van der Waals surface area (Å²) in [5.74, 6) is -0.479. The Balaban J connectivity index is 2.22. The number of aromatic carboxylic acids is 1. The van der Waals surface area contributed by atoms with Crippen molar-refractivity contribution in [2.75, 3.05) is 6.61 Å². The zero-order chi connectivity index (χ0) is 15.5. The Kier molecular flexibility index (Phi) is 3.88. The van der Waals surface area contributed by atoms with Crippen LogP contribution in [0.1, 0.15) is 17.4 Å². The van der Waals surface area contributed by atoms with E-state index in [1.54, 1.807) is 0 Å². The fraction of sp³-hybridized carbons (Fsp3) is 0.133. The molecular weight excluding hydrogens is 302 g/mol. The van der Waals surface area contributed by atoms with Gasteiger partial charge in [-0.15, -0.1) is 16.4 Å². The zero-order valence-corrected chi connectivity index (χ0v) is 12.6. The minimum Gasteiger partial charge on any atom is -0.492 e. The summed E-state index contributed by atoms with van der Waals surface area (Å²) in [6.07, 6.45) is 0. The molecule has 0 aliphatic rings. The number of hydrogen-bond donors (Lipinski definition) is 1. The van der Waals surface area contributed by atoms with E-state index in [2.05, 4.69) is 10.3 Å². The van der Waals surface area contributed by atoms with Crippen molar-refractivity contribution in [1.29, 1.82) is 0 Å². The summed E-state index contributed by atoms with van der Waals surface area (Å²) in [5, 5.41) is 19.1. The summed E-state index contributed by atoms with van der Waals surface area (Å²) in [6, 6.07) is 11.0. The van der Waals surface area contributed by atoms with Crippen LogP contribution in [-0.4, -0.2) is 32.7 Å². The number of carboxylic acids is 1. The first-order chi connectivity index (χ1) is 10.7. The Morgan fingerprint density at radius 2 is 2.14 bits per heavy atom. The smallest absolute Gasteiger partial charge is 0.358 e. The van der Waals surface area contributed by atoms with Gasteiger partial charge in [-0.25, -0.2) is 9.48 Å². The second-order valence-corrected chi connectivity index (χ2v) is 5.33. The molecule has 1 aromatic carbocycles. The standard InChI is InChI=1S/C15H13N3O3S/c1-2-21-11-7-4-3-6-10(11)18-14(12-8-5-9-22-12)13(15(19)20)16-17-18/h3-9H,2H2,1H3,(H,19,20). The third-order valence-corrected chi connectivity index (χ3v) is 3.90. The first kappa shape index (κ1) is 14.3. The zero-order valence-electron chi connectivity index (χ0n) is 11.8. The Morgan fingerprint density at radius 3 is 2.82 bits per heavy atom. The molecule has 3 aromatic rings. The van der Waals surface area contributed by atoms with Crippen molar-refractivity contribution < 1.29 is 14.6 Å². The Labute approximate surface area is 130 Å². The number of ether oxygens (including phenoxy) is 1. The van der Waals surface area contributed by atoms with Gasteiger partial charge in [0.05, 0.1) is 11.5 Å². The van der Waals surface area contributed by atoms with Crippen molar-refractivity contribution in [2.45, 2.75) is 6.92 Å². The monoisotopic (exact) mass is 315 g/mol. The fourth-order valence-electron chi connectivity index (χ4n) is 2.14. The molecule has 0 aliphatic carbocycles. The third kappa shape index (κ3) is 2.46. The highest BCUT2D eigenvalue weighted by molar-refractivity contribution is 7.13. The highest BCUT2D eigenvalue weighted by Gasteiger charge is 2.23. The van der Waals surface area contributed by atoms with E-state index in [0.29, 0.717) is 23.7 Å². The number of nitrogens with zero attached hydrogens (tertiary/aromatic N) is 3. The number of carbonyl (C=O) groups is 1. The molecule has 6 nitrogen and oxygen atoms in total. The quantitative estimate of drug-likeness (QED) is 0.783. The molecule has 0 bridgehead atoms. The van der Waals surface area contributed by atoms with E-state index in [0.717, 1.165) is 4.88 Å². The SMILES string of the molecule is CCOc1ccccc1-n1nnc(C(=O)O)c1-c1cccs1. The predicted octanol–water partition coefficient (Wildman–Crippen LogP) is 3.09. The van der Waals surface area contributed by atoms with E-state index in [1.165, 1.54) is 16.0 Å². The van der Waals surface area contributed by atoms with E-state index in [-0.39, 0.29) is 5.69 Å². The van der Waals surface area contributed by atoms with Gasteiger partial charge in [-0.05, 0) is 30.5 Å². The molecular formula is C15H13N3O3S. The Hall–Kier alpha value is -2.67. The van der Waals surface area contributed by atoms with E-state index in [9.17, 15) is 9.90 Å². The van der Waals surface area contributed by atoms with Crippen LogP contribution >= 0.6 is 11.3 Å². The summed E-state index contributed by atoms with van der Waals surface area (Å²) >= 11 is 1.44. The number of rotatable bonds is 5. The average Bonchev–Trinajstić information content (AvgIpc) is 3.17. The van der Waals surface area contributed by atoms with Gasteiger partial charge >= 0.3 is 5.97 Å². The normalized spacial score (nSPS) is 10.6. The maximum atomic E-state index is 11.4. The van der Waals surface area contributed by atoms with Crippen LogP contribution < -0.4 is 4.74 Å². The first-order valence-corrected chi connectivity index (χ1v) is 7.55. The van der Waals surface area contributed by atoms with Crippen LogP contribution in [-0.2, 0) is 0 Å². The minimum atomic E-state index is -1.11. The lowest BCUT2D eigenvalue weighted by Gasteiger charge is -2.11. The molecule has 3 rings (SSSR count). The summed E-state index contributed by atoms with van der Waals surface area (Å²) in [5.41, 5.74) is 1.04. The van der Waals surface area contributed by atoms with Crippen molar-refractivity contribution >= 4 is 17.3 Å². The number of carboxylic acid groups (broad SMARTS) is 1. The summed E-state index contributed by atoms with van der Waals surface area (Å²) in [7, 11) is 0. The van der Waals surface area contributed by atoms with Crippen LogP contribution in [0.3, 0.4) is 0 Å². The van der Waals surface area contributed by atoms with Gasteiger partial charge in [-0.3, -0.25) is 0 Å².